The van der Waals surface area contributed by atoms with Gasteiger partial charge < -0.3 is 15.4 Å². The first kappa shape index (κ1) is 25.1. The van der Waals surface area contributed by atoms with Crippen LogP contribution < -0.4 is 15.4 Å². The van der Waals surface area contributed by atoms with Crippen molar-refractivity contribution >= 4 is 23.4 Å². The molecule has 0 aromatic heterocycles. The van der Waals surface area contributed by atoms with E-state index in [4.69, 9.17) is 4.74 Å². The van der Waals surface area contributed by atoms with Crippen molar-refractivity contribution in [2.24, 2.45) is 11.8 Å². The third-order valence-electron chi connectivity index (χ3n) is 5.91. The fourth-order valence-electron chi connectivity index (χ4n) is 3.80. The van der Waals surface area contributed by atoms with Gasteiger partial charge in [-0.05, 0) is 48.9 Å². The zero-order chi connectivity index (χ0) is 24.7. The number of carbonyl (C=O) groups excluding carboxylic acids is 4. The van der Waals surface area contributed by atoms with E-state index in [0.717, 1.165) is 18.4 Å². The molecule has 2 aromatic carbocycles. The summed E-state index contributed by atoms with van der Waals surface area (Å²) in [5, 5.41) is 5.54. The Bertz CT molecular complexity index is 1030. The molecule has 0 unspecified atom stereocenters. The molecule has 0 spiro atoms. The van der Waals surface area contributed by atoms with Gasteiger partial charge in [0.1, 0.15) is 5.75 Å². The van der Waals surface area contributed by atoms with E-state index >= 15 is 0 Å². The van der Waals surface area contributed by atoms with E-state index in [2.05, 4.69) is 10.6 Å². The summed E-state index contributed by atoms with van der Waals surface area (Å²) >= 11 is 0. The highest BCUT2D eigenvalue weighted by Crippen LogP contribution is 2.21. The van der Waals surface area contributed by atoms with Crippen molar-refractivity contribution in [1.29, 1.82) is 0 Å². The maximum atomic E-state index is 13.3. The molecule has 0 radical (unpaired) electrons. The second kappa shape index (κ2) is 11.6. The van der Waals surface area contributed by atoms with Crippen LogP contribution in [-0.2, 0) is 20.8 Å². The number of hydrogen-bond acceptors (Lipinski definition) is 5. The molecule has 0 saturated heterocycles. The van der Waals surface area contributed by atoms with Crippen molar-refractivity contribution in [1.82, 2.24) is 10.6 Å². The molecule has 0 heterocycles. The second-order valence-corrected chi connectivity index (χ2v) is 9.10. The standard InChI is InChI=1S/C27H32N2O5/c1-17(2)24(29-26(32)19-10-7-11-22(15-19)34-3)23(30)16-20(14-18-8-5-4-6-9-18)25(31)27(33)28-21-12-13-21/h4-11,15,17,20-21,24H,12-14,16H2,1-3H3,(H,28,33)(H,29,32)/t20-,24+/m1/s1. The third-order valence-corrected chi connectivity index (χ3v) is 5.91. The summed E-state index contributed by atoms with van der Waals surface area (Å²) in [5.41, 5.74) is 1.24. The number of benzene rings is 2. The van der Waals surface area contributed by atoms with Crippen LogP contribution >= 0.6 is 0 Å². The van der Waals surface area contributed by atoms with E-state index in [0.29, 0.717) is 11.3 Å². The lowest BCUT2D eigenvalue weighted by Crippen LogP contribution is -2.46. The van der Waals surface area contributed by atoms with Gasteiger partial charge in [-0.1, -0.05) is 50.2 Å². The Hall–Kier alpha value is -3.48. The predicted molar refractivity (Wildman–Crippen MR) is 129 cm³/mol. The molecule has 2 atom stereocenters. The van der Waals surface area contributed by atoms with Gasteiger partial charge in [-0.15, -0.1) is 0 Å². The highest BCUT2D eigenvalue weighted by molar-refractivity contribution is 6.37. The van der Waals surface area contributed by atoms with Crippen molar-refractivity contribution < 1.29 is 23.9 Å². The monoisotopic (exact) mass is 464 g/mol. The van der Waals surface area contributed by atoms with E-state index in [1.54, 1.807) is 24.3 Å². The van der Waals surface area contributed by atoms with Crippen molar-refractivity contribution in [3.05, 3.63) is 65.7 Å². The number of hydrogen-bond donors (Lipinski definition) is 2. The van der Waals surface area contributed by atoms with E-state index in [-0.39, 0.29) is 30.6 Å². The molecule has 3 rings (SSSR count). The third kappa shape index (κ3) is 7.01. The van der Waals surface area contributed by atoms with Gasteiger partial charge in [0.25, 0.3) is 11.8 Å². The van der Waals surface area contributed by atoms with Gasteiger partial charge in [-0.25, -0.2) is 0 Å². The minimum Gasteiger partial charge on any atom is -0.497 e. The number of methoxy groups -OCH3 is 1. The lowest BCUT2D eigenvalue weighted by molar-refractivity contribution is -0.141. The minimum atomic E-state index is -0.802. The average molecular weight is 465 g/mol. The summed E-state index contributed by atoms with van der Waals surface area (Å²) in [6.07, 6.45) is 1.88. The van der Waals surface area contributed by atoms with Gasteiger partial charge in [-0.3, -0.25) is 19.2 Å². The molecule has 1 fully saturated rings. The van der Waals surface area contributed by atoms with Gasteiger partial charge in [0.15, 0.2) is 5.78 Å². The van der Waals surface area contributed by atoms with Crippen LogP contribution in [0.4, 0.5) is 0 Å². The molecule has 2 amide bonds. The molecule has 7 heteroatoms. The fourth-order valence-corrected chi connectivity index (χ4v) is 3.80. The number of rotatable bonds is 12. The largest absolute Gasteiger partial charge is 0.497 e. The summed E-state index contributed by atoms with van der Waals surface area (Å²) in [6.45, 7) is 3.67. The van der Waals surface area contributed by atoms with E-state index in [1.165, 1.54) is 7.11 Å². The first-order valence-corrected chi connectivity index (χ1v) is 11.6. The van der Waals surface area contributed by atoms with Crippen LogP contribution in [0, 0.1) is 11.8 Å². The van der Waals surface area contributed by atoms with E-state index in [9.17, 15) is 19.2 Å². The quantitative estimate of drug-likeness (QED) is 0.470. The Morgan fingerprint density at radius 1 is 1.00 bits per heavy atom. The Labute approximate surface area is 200 Å². The number of amides is 2. The second-order valence-electron chi connectivity index (χ2n) is 9.10. The number of ether oxygens (including phenoxy) is 1. The lowest BCUT2D eigenvalue weighted by Gasteiger charge is -2.24. The van der Waals surface area contributed by atoms with Crippen LogP contribution in [0.15, 0.2) is 54.6 Å². The normalized spacial score (nSPS) is 14.7. The molecular weight excluding hydrogens is 432 g/mol. The summed E-state index contributed by atoms with van der Waals surface area (Å²) < 4.78 is 5.17. The van der Waals surface area contributed by atoms with Gasteiger partial charge in [-0.2, -0.15) is 0 Å². The average Bonchev–Trinajstić information content (AvgIpc) is 3.65. The van der Waals surface area contributed by atoms with E-state index < -0.39 is 29.6 Å². The number of Topliss-reactive ketones (excluding diaryl/α,β-unsaturated/α-hetero) is 2. The van der Waals surface area contributed by atoms with Crippen molar-refractivity contribution in [3.63, 3.8) is 0 Å². The fraction of sp³-hybridized carbons (Fsp3) is 0.407. The Morgan fingerprint density at radius 2 is 1.71 bits per heavy atom. The summed E-state index contributed by atoms with van der Waals surface area (Å²) in [5.74, 6) is -2.37. The highest BCUT2D eigenvalue weighted by atomic mass is 16.5. The van der Waals surface area contributed by atoms with Gasteiger partial charge >= 0.3 is 0 Å². The Kier molecular flexibility index (Phi) is 8.57. The molecule has 1 aliphatic carbocycles. The van der Waals surface area contributed by atoms with Crippen molar-refractivity contribution in [3.8, 4) is 5.75 Å². The van der Waals surface area contributed by atoms with Gasteiger partial charge in [0.05, 0.1) is 13.2 Å². The molecule has 34 heavy (non-hydrogen) atoms. The Morgan fingerprint density at radius 3 is 2.32 bits per heavy atom. The number of ketones is 2. The summed E-state index contributed by atoms with van der Waals surface area (Å²) in [7, 11) is 1.51. The molecule has 180 valence electrons. The molecule has 1 aliphatic rings. The summed E-state index contributed by atoms with van der Waals surface area (Å²) in [6, 6.07) is 15.2. The molecule has 7 nitrogen and oxygen atoms in total. The molecule has 2 aromatic rings. The van der Waals surface area contributed by atoms with Crippen molar-refractivity contribution in [2.75, 3.05) is 7.11 Å². The highest BCUT2D eigenvalue weighted by Gasteiger charge is 2.34. The van der Waals surface area contributed by atoms with E-state index in [1.807, 2.05) is 44.2 Å². The number of nitrogens with one attached hydrogen (secondary N) is 2. The zero-order valence-corrected chi connectivity index (χ0v) is 19.9. The first-order valence-electron chi connectivity index (χ1n) is 11.6. The van der Waals surface area contributed by atoms with Crippen LogP contribution in [0.1, 0.15) is 49.0 Å². The van der Waals surface area contributed by atoms with Crippen molar-refractivity contribution in [2.45, 2.75) is 51.6 Å². The molecule has 0 aliphatic heterocycles. The topological polar surface area (TPSA) is 102 Å². The molecular formula is C27H32N2O5. The smallest absolute Gasteiger partial charge is 0.287 e. The molecule has 2 N–H and O–H groups in total. The van der Waals surface area contributed by atoms with Gasteiger partial charge in [0.2, 0.25) is 5.78 Å². The maximum Gasteiger partial charge on any atom is 0.287 e. The van der Waals surface area contributed by atoms with Crippen LogP contribution in [-0.4, -0.2) is 42.6 Å². The van der Waals surface area contributed by atoms with Crippen LogP contribution in [0.5, 0.6) is 5.75 Å². The molecule has 1 saturated carbocycles. The zero-order valence-electron chi connectivity index (χ0n) is 19.9. The lowest BCUT2D eigenvalue weighted by atomic mass is 9.86. The van der Waals surface area contributed by atoms with Crippen LogP contribution in [0.2, 0.25) is 0 Å². The number of carbonyl (C=O) groups is 4. The maximum absolute atomic E-state index is 13.3. The summed E-state index contributed by atoms with van der Waals surface area (Å²) in [4.78, 5) is 51.6. The molecule has 0 bridgehead atoms. The van der Waals surface area contributed by atoms with Crippen LogP contribution in [0.25, 0.3) is 0 Å². The van der Waals surface area contributed by atoms with Crippen LogP contribution in [0.3, 0.4) is 0 Å². The predicted octanol–water partition coefficient (Wildman–Crippen LogP) is 3.12. The van der Waals surface area contributed by atoms with Gasteiger partial charge in [0, 0.05) is 23.9 Å². The SMILES string of the molecule is COc1cccc(C(=O)N[C@H](C(=O)C[C@@H](Cc2ccccc2)C(=O)C(=O)NC2CC2)C(C)C)c1. The first-order chi connectivity index (χ1) is 16.3. The minimum absolute atomic E-state index is 0.0510. The Balaban J connectivity index is 1.74.